The summed E-state index contributed by atoms with van der Waals surface area (Å²) in [5, 5.41) is 2.56. The van der Waals surface area contributed by atoms with Crippen molar-refractivity contribution in [3.63, 3.8) is 0 Å². The topological polar surface area (TPSA) is 16.1 Å². The molecule has 1 aliphatic rings. The molecule has 0 spiro atoms. The van der Waals surface area contributed by atoms with Crippen LogP contribution in [0.5, 0.6) is 0 Å². The van der Waals surface area contributed by atoms with Crippen LogP contribution in [-0.4, -0.2) is 33.8 Å². The first-order valence-corrected chi connectivity index (χ1v) is 9.90. The predicted molar refractivity (Wildman–Crippen MR) is 99.9 cm³/mol. The SMILES string of the molecule is CN1CCC[C@H]1c1cnc(Cl)cc1P(C(C)(C)C)C(C)(C)C. The minimum Gasteiger partial charge on any atom is -0.299 e. The highest BCUT2D eigenvalue weighted by Gasteiger charge is 2.39. The van der Waals surface area contributed by atoms with E-state index in [2.05, 4.69) is 64.5 Å². The van der Waals surface area contributed by atoms with Crippen molar-refractivity contribution in [1.82, 2.24) is 9.88 Å². The van der Waals surface area contributed by atoms with E-state index in [0.29, 0.717) is 11.2 Å². The van der Waals surface area contributed by atoms with Crippen molar-refractivity contribution in [3.05, 3.63) is 23.0 Å². The predicted octanol–water partition coefficient (Wildman–Crippen LogP) is 5.21. The molecule has 0 bridgehead atoms. The molecule has 4 heteroatoms. The number of aromatic nitrogens is 1. The van der Waals surface area contributed by atoms with E-state index >= 15 is 0 Å². The lowest BCUT2D eigenvalue weighted by Gasteiger charge is -2.43. The van der Waals surface area contributed by atoms with Crippen molar-refractivity contribution in [2.24, 2.45) is 0 Å². The molecule has 0 amide bonds. The lowest BCUT2D eigenvalue weighted by Crippen LogP contribution is -2.34. The Morgan fingerprint density at radius 1 is 1.18 bits per heavy atom. The molecular weight excluding hydrogens is 311 g/mol. The fourth-order valence-corrected chi connectivity index (χ4v) is 8.32. The standard InChI is InChI=1S/C18H30ClN2P/c1-17(2,3)22(18(4,5)6)15-11-16(19)20-12-13(15)14-9-8-10-21(14)7/h11-12,14H,8-10H2,1-7H3/t14-/m0/s1. The number of hydrogen-bond donors (Lipinski definition) is 0. The van der Waals surface area contributed by atoms with E-state index < -0.39 is 0 Å². The molecule has 1 aromatic heterocycles. The maximum atomic E-state index is 6.29. The summed E-state index contributed by atoms with van der Waals surface area (Å²) in [6, 6.07) is 2.64. The van der Waals surface area contributed by atoms with E-state index in [9.17, 15) is 0 Å². The summed E-state index contributed by atoms with van der Waals surface area (Å²) < 4.78 is 0. The fourth-order valence-electron chi connectivity index (χ4n) is 3.91. The van der Waals surface area contributed by atoms with Gasteiger partial charge in [0.25, 0.3) is 0 Å². The van der Waals surface area contributed by atoms with Gasteiger partial charge in [-0.05, 0) is 53.7 Å². The molecule has 1 aliphatic heterocycles. The highest BCUT2D eigenvalue weighted by atomic mass is 35.5. The van der Waals surface area contributed by atoms with E-state index in [1.54, 1.807) is 0 Å². The molecule has 1 saturated heterocycles. The smallest absolute Gasteiger partial charge is 0.129 e. The van der Waals surface area contributed by atoms with Crippen LogP contribution in [0.1, 0.15) is 66.0 Å². The van der Waals surface area contributed by atoms with Gasteiger partial charge in [-0.25, -0.2) is 4.98 Å². The van der Waals surface area contributed by atoms with Gasteiger partial charge in [0.2, 0.25) is 0 Å². The number of halogens is 1. The summed E-state index contributed by atoms with van der Waals surface area (Å²) in [5.41, 5.74) is 1.40. The summed E-state index contributed by atoms with van der Waals surface area (Å²) in [6.45, 7) is 15.3. The van der Waals surface area contributed by atoms with Gasteiger partial charge in [0.1, 0.15) is 5.15 Å². The molecule has 0 N–H and O–H groups in total. The number of pyridine rings is 1. The molecule has 2 rings (SSSR count). The van der Waals surface area contributed by atoms with Gasteiger partial charge in [0.15, 0.2) is 0 Å². The second kappa shape index (κ2) is 6.38. The van der Waals surface area contributed by atoms with Crippen LogP contribution in [0, 0.1) is 0 Å². The van der Waals surface area contributed by atoms with E-state index in [-0.39, 0.29) is 18.2 Å². The number of hydrogen-bond acceptors (Lipinski definition) is 2. The molecular formula is C18H30ClN2P. The molecule has 2 heterocycles. The minimum absolute atomic E-state index is 0.240. The van der Waals surface area contributed by atoms with E-state index in [0.717, 1.165) is 0 Å². The van der Waals surface area contributed by atoms with Gasteiger partial charge in [0.05, 0.1) is 0 Å². The number of likely N-dealkylation sites (tertiary alicyclic amines) is 1. The molecule has 0 radical (unpaired) electrons. The zero-order chi connectivity index (χ0) is 16.7. The molecule has 1 atom stereocenters. The van der Waals surface area contributed by atoms with Crippen molar-refractivity contribution in [2.45, 2.75) is 70.7 Å². The first-order valence-electron chi connectivity index (χ1n) is 8.18. The van der Waals surface area contributed by atoms with Crippen molar-refractivity contribution < 1.29 is 0 Å². The number of nitrogens with zero attached hydrogens (tertiary/aromatic N) is 2. The number of rotatable bonds is 2. The van der Waals surface area contributed by atoms with Crippen LogP contribution in [0.2, 0.25) is 5.15 Å². The molecule has 0 unspecified atom stereocenters. The highest BCUT2D eigenvalue weighted by Crippen LogP contribution is 2.59. The van der Waals surface area contributed by atoms with Gasteiger partial charge in [-0.1, -0.05) is 61.1 Å². The third-order valence-electron chi connectivity index (χ3n) is 4.34. The van der Waals surface area contributed by atoms with E-state index in [4.69, 9.17) is 11.6 Å². The Hall–Kier alpha value is -0.170. The van der Waals surface area contributed by atoms with Crippen molar-refractivity contribution >= 4 is 24.8 Å². The Bertz CT molecular complexity index is 517. The summed E-state index contributed by atoms with van der Waals surface area (Å²) >= 11 is 6.29. The average molecular weight is 341 g/mol. The second-order valence-corrected chi connectivity index (χ2v) is 12.6. The van der Waals surface area contributed by atoms with Gasteiger partial charge >= 0.3 is 0 Å². The highest BCUT2D eigenvalue weighted by molar-refractivity contribution is 7.68. The van der Waals surface area contributed by atoms with Gasteiger partial charge in [-0.15, -0.1) is 0 Å². The molecule has 1 fully saturated rings. The lowest BCUT2D eigenvalue weighted by atomic mass is 10.1. The van der Waals surface area contributed by atoms with Gasteiger partial charge in [0, 0.05) is 12.2 Å². The first kappa shape index (κ1) is 18.2. The first-order chi connectivity index (χ1) is 10.0. The molecule has 1 aromatic rings. The van der Waals surface area contributed by atoms with Crippen molar-refractivity contribution in [3.8, 4) is 0 Å². The summed E-state index contributed by atoms with van der Waals surface area (Å²) in [4.78, 5) is 6.88. The average Bonchev–Trinajstić information content (AvgIpc) is 2.72. The fraction of sp³-hybridized carbons (Fsp3) is 0.722. The zero-order valence-electron chi connectivity index (χ0n) is 15.1. The van der Waals surface area contributed by atoms with Crippen molar-refractivity contribution in [1.29, 1.82) is 0 Å². The molecule has 2 nitrogen and oxygen atoms in total. The summed E-state index contributed by atoms with van der Waals surface area (Å²) in [5.74, 6) is 0. The summed E-state index contributed by atoms with van der Waals surface area (Å²) in [6.07, 6.45) is 4.54. The van der Waals surface area contributed by atoms with Crippen LogP contribution in [-0.2, 0) is 0 Å². The Labute approximate surface area is 142 Å². The largest absolute Gasteiger partial charge is 0.299 e. The van der Waals surface area contributed by atoms with Gasteiger partial charge < -0.3 is 0 Å². The lowest BCUT2D eigenvalue weighted by molar-refractivity contribution is 0.318. The molecule has 0 saturated carbocycles. The van der Waals surface area contributed by atoms with E-state index in [1.165, 1.54) is 30.3 Å². The molecule has 0 aliphatic carbocycles. The Morgan fingerprint density at radius 2 is 1.77 bits per heavy atom. The molecule has 22 heavy (non-hydrogen) atoms. The van der Waals surface area contributed by atoms with Crippen LogP contribution >= 0.6 is 19.5 Å². The molecule has 124 valence electrons. The molecule has 0 aromatic carbocycles. The third-order valence-corrected chi connectivity index (χ3v) is 8.10. The van der Waals surface area contributed by atoms with Crippen molar-refractivity contribution in [2.75, 3.05) is 13.6 Å². The zero-order valence-corrected chi connectivity index (χ0v) is 16.7. The van der Waals surface area contributed by atoms with E-state index in [1.807, 2.05) is 6.20 Å². The van der Waals surface area contributed by atoms with Gasteiger partial charge in [-0.2, -0.15) is 0 Å². The van der Waals surface area contributed by atoms with Crippen LogP contribution in [0.4, 0.5) is 0 Å². The van der Waals surface area contributed by atoms with Crippen LogP contribution in [0.3, 0.4) is 0 Å². The van der Waals surface area contributed by atoms with Crippen LogP contribution in [0.15, 0.2) is 12.3 Å². The van der Waals surface area contributed by atoms with Gasteiger partial charge in [-0.3, -0.25) is 4.90 Å². The normalized spacial score (nSPS) is 20.9. The maximum Gasteiger partial charge on any atom is 0.129 e. The third kappa shape index (κ3) is 3.83. The Morgan fingerprint density at radius 3 is 2.23 bits per heavy atom. The minimum atomic E-state index is -0.361. The quantitative estimate of drug-likeness (QED) is 0.543. The monoisotopic (exact) mass is 340 g/mol. The second-order valence-electron chi connectivity index (χ2n) is 8.38. The van der Waals surface area contributed by atoms with Crippen LogP contribution < -0.4 is 5.30 Å². The van der Waals surface area contributed by atoms with Crippen LogP contribution in [0.25, 0.3) is 0 Å². The maximum absolute atomic E-state index is 6.29. The summed E-state index contributed by atoms with van der Waals surface area (Å²) in [7, 11) is 1.87. The Balaban J connectivity index is 2.59. The Kier molecular flexibility index (Phi) is 5.27.